The summed E-state index contributed by atoms with van der Waals surface area (Å²) in [5.74, 6) is 0. The van der Waals surface area contributed by atoms with Crippen LogP contribution < -0.4 is 11.1 Å². The van der Waals surface area contributed by atoms with Gasteiger partial charge in [-0.25, -0.2) is 4.79 Å². The number of urea groups is 1. The van der Waals surface area contributed by atoms with E-state index in [2.05, 4.69) is 26.1 Å². The molecule has 1 rings (SSSR count). The zero-order valence-corrected chi connectivity index (χ0v) is 12.9. The molecule has 2 amide bonds. The van der Waals surface area contributed by atoms with Gasteiger partial charge in [-0.15, -0.1) is 0 Å². The van der Waals surface area contributed by atoms with E-state index in [1.54, 1.807) is 4.90 Å². The third-order valence-electron chi connectivity index (χ3n) is 4.13. The molecule has 4 heteroatoms. The van der Waals surface area contributed by atoms with E-state index in [1.807, 2.05) is 0 Å². The van der Waals surface area contributed by atoms with Crippen molar-refractivity contribution in [3.05, 3.63) is 0 Å². The Kier molecular flexibility index (Phi) is 6.63. The predicted molar refractivity (Wildman–Crippen MR) is 80.1 cm³/mol. The van der Waals surface area contributed by atoms with Crippen molar-refractivity contribution in [2.24, 2.45) is 11.1 Å². The normalized spacial score (nSPS) is 17.7. The maximum Gasteiger partial charge on any atom is 0.314 e. The fourth-order valence-electron chi connectivity index (χ4n) is 2.67. The number of rotatable bonds is 7. The summed E-state index contributed by atoms with van der Waals surface area (Å²) in [7, 11) is 0. The van der Waals surface area contributed by atoms with E-state index >= 15 is 0 Å². The average Bonchev–Trinajstić information content (AvgIpc) is 2.37. The molecule has 0 aromatic heterocycles. The van der Waals surface area contributed by atoms with Crippen molar-refractivity contribution >= 4 is 6.03 Å². The van der Waals surface area contributed by atoms with Gasteiger partial charge in [-0.1, -0.05) is 40.0 Å². The number of nitrogens with zero attached hydrogens (tertiary/aromatic N) is 1. The zero-order valence-electron chi connectivity index (χ0n) is 12.9. The van der Waals surface area contributed by atoms with Gasteiger partial charge in [-0.3, -0.25) is 0 Å². The van der Waals surface area contributed by atoms with Gasteiger partial charge in [0.25, 0.3) is 0 Å². The van der Waals surface area contributed by atoms with E-state index in [9.17, 15) is 4.79 Å². The SMILES string of the molecule is CCCCCC(C)(C)CNC1CCN(C(N)=O)CC1. The Bertz CT molecular complexity index is 271. The lowest BCUT2D eigenvalue weighted by atomic mass is 9.86. The molecule has 1 heterocycles. The monoisotopic (exact) mass is 269 g/mol. The fraction of sp³-hybridized carbons (Fsp3) is 0.933. The Morgan fingerprint density at radius 3 is 2.47 bits per heavy atom. The maximum absolute atomic E-state index is 11.1. The van der Waals surface area contributed by atoms with Crippen LogP contribution in [0.2, 0.25) is 0 Å². The van der Waals surface area contributed by atoms with E-state index < -0.39 is 0 Å². The summed E-state index contributed by atoms with van der Waals surface area (Å²) in [4.78, 5) is 12.8. The molecule has 0 bridgehead atoms. The molecule has 3 N–H and O–H groups in total. The van der Waals surface area contributed by atoms with Gasteiger partial charge in [0.2, 0.25) is 0 Å². The zero-order chi connectivity index (χ0) is 14.3. The van der Waals surface area contributed by atoms with Crippen LogP contribution in [-0.4, -0.2) is 36.6 Å². The molecule has 0 spiro atoms. The van der Waals surface area contributed by atoms with Crippen LogP contribution in [-0.2, 0) is 0 Å². The molecule has 1 aliphatic rings. The Labute approximate surface area is 118 Å². The summed E-state index contributed by atoms with van der Waals surface area (Å²) in [6.45, 7) is 9.59. The number of primary amides is 1. The number of amides is 2. The minimum atomic E-state index is -0.279. The second-order valence-corrected chi connectivity index (χ2v) is 6.60. The molecule has 0 atom stereocenters. The quantitative estimate of drug-likeness (QED) is 0.698. The van der Waals surface area contributed by atoms with Crippen LogP contribution in [0.4, 0.5) is 4.79 Å². The van der Waals surface area contributed by atoms with Gasteiger partial charge in [0, 0.05) is 25.7 Å². The van der Waals surface area contributed by atoms with Crippen LogP contribution in [0.3, 0.4) is 0 Å². The molecular weight excluding hydrogens is 238 g/mol. The van der Waals surface area contributed by atoms with Crippen molar-refractivity contribution in [1.29, 1.82) is 0 Å². The highest BCUT2D eigenvalue weighted by molar-refractivity contribution is 5.72. The standard InChI is InChI=1S/C15H31N3O/c1-4-5-6-9-15(2,3)12-17-13-7-10-18(11-8-13)14(16)19/h13,17H,4-12H2,1-3H3,(H2,16,19). The number of piperidine rings is 1. The number of carbonyl (C=O) groups excluding carboxylic acids is 1. The first kappa shape index (κ1) is 16.3. The first-order valence-corrected chi connectivity index (χ1v) is 7.72. The number of unbranched alkanes of at least 4 members (excludes halogenated alkanes) is 2. The molecule has 19 heavy (non-hydrogen) atoms. The van der Waals surface area contributed by atoms with Crippen LogP contribution >= 0.6 is 0 Å². The van der Waals surface area contributed by atoms with Gasteiger partial charge in [0.05, 0.1) is 0 Å². The highest BCUT2D eigenvalue weighted by Crippen LogP contribution is 2.23. The minimum Gasteiger partial charge on any atom is -0.351 e. The molecule has 0 aliphatic carbocycles. The van der Waals surface area contributed by atoms with Crippen LogP contribution in [0.25, 0.3) is 0 Å². The fourth-order valence-corrected chi connectivity index (χ4v) is 2.67. The van der Waals surface area contributed by atoms with Gasteiger partial charge in [0.15, 0.2) is 0 Å². The third kappa shape index (κ3) is 6.28. The van der Waals surface area contributed by atoms with E-state index in [-0.39, 0.29) is 6.03 Å². The Balaban J connectivity index is 2.20. The molecule has 0 aromatic carbocycles. The summed E-state index contributed by atoms with van der Waals surface area (Å²) < 4.78 is 0. The highest BCUT2D eigenvalue weighted by atomic mass is 16.2. The molecule has 4 nitrogen and oxygen atoms in total. The van der Waals surface area contributed by atoms with E-state index in [4.69, 9.17) is 5.73 Å². The lowest BCUT2D eigenvalue weighted by Gasteiger charge is -2.34. The van der Waals surface area contributed by atoms with Crippen molar-refractivity contribution in [1.82, 2.24) is 10.2 Å². The Hall–Kier alpha value is -0.770. The van der Waals surface area contributed by atoms with Gasteiger partial charge in [0.1, 0.15) is 0 Å². The summed E-state index contributed by atoms with van der Waals surface area (Å²) in [5.41, 5.74) is 5.66. The number of likely N-dealkylation sites (tertiary alicyclic amines) is 1. The van der Waals surface area contributed by atoms with E-state index in [0.29, 0.717) is 11.5 Å². The van der Waals surface area contributed by atoms with Crippen LogP contribution in [0.1, 0.15) is 59.3 Å². The van der Waals surface area contributed by atoms with Gasteiger partial charge in [-0.05, 0) is 24.7 Å². The van der Waals surface area contributed by atoms with E-state index in [0.717, 1.165) is 32.5 Å². The summed E-state index contributed by atoms with van der Waals surface area (Å²) in [5, 5.41) is 3.67. The van der Waals surface area contributed by atoms with Gasteiger partial charge < -0.3 is 16.0 Å². The smallest absolute Gasteiger partial charge is 0.314 e. The first-order valence-electron chi connectivity index (χ1n) is 7.72. The first-order chi connectivity index (χ1) is 8.94. The van der Waals surface area contributed by atoms with Crippen LogP contribution in [0.5, 0.6) is 0 Å². The number of nitrogens with two attached hydrogens (primary N) is 1. The molecule has 0 aromatic rings. The molecule has 0 unspecified atom stereocenters. The van der Waals surface area contributed by atoms with Crippen LogP contribution in [0.15, 0.2) is 0 Å². The number of hydrogen-bond acceptors (Lipinski definition) is 2. The minimum absolute atomic E-state index is 0.279. The van der Waals surface area contributed by atoms with Crippen molar-refractivity contribution in [3.63, 3.8) is 0 Å². The van der Waals surface area contributed by atoms with E-state index in [1.165, 1.54) is 25.7 Å². The molecule has 0 radical (unpaired) electrons. The van der Waals surface area contributed by atoms with Crippen molar-refractivity contribution in [3.8, 4) is 0 Å². The summed E-state index contributed by atoms with van der Waals surface area (Å²) in [6.07, 6.45) is 7.27. The molecule has 1 fully saturated rings. The molecule has 0 saturated carbocycles. The lowest BCUT2D eigenvalue weighted by Crippen LogP contribution is -2.48. The molecular formula is C15H31N3O. The van der Waals surface area contributed by atoms with Crippen molar-refractivity contribution < 1.29 is 4.79 Å². The van der Waals surface area contributed by atoms with Crippen LogP contribution in [0, 0.1) is 5.41 Å². The largest absolute Gasteiger partial charge is 0.351 e. The predicted octanol–water partition coefficient (Wildman–Crippen LogP) is 2.73. The van der Waals surface area contributed by atoms with Crippen molar-refractivity contribution in [2.75, 3.05) is 19.6 Å². The highest BCUT2D eigenvalue weighted by Gasteiger charge is 2.23. The molecule has 1 saturated heterocycles. The molecule has 112 valence electrons. The summed E-state index contributed by atoms with van der Waals surface area (Å²) >= 11 is 0. The average molecular weight is 269 g/mol. The number of nitrogens with one attached hydrogen (secondary N) is 1. The lowest BCUT2D eigenvalue weighted by molar-refractivity contribution is 0.179. The number of hydrogen-bond donors (Lipinski definition) is 2. The Morgan fingerprint density at radius 2 is 1.95 bits per heavy atom. The van der Waals surface area contributed by atoms with Gasteiger partial charge in [-0.2, -0.15) is 0 Å². The topological polar surface area (TPSA) is 58.4 Å². The van der Waals surface area contributed by atoms with Gasteiger partial charge >= 0.3 is 6.03 Å². The molecule has 1 aliphatic heterocycles. The second-order valence-electron chi connectivity index (χ2n) is 6.60. The number of carbonyl (C=O) groups is 1. The maximum atomic E-state index is 11.1. The summed E-state index contributed by atoms with van der Waals surface area (Å²) in [6, 6.07) is 0.263. The Morgan fingerprint density at radius 1 is 1.32 bits per heavy atom. The third-order valence-corrected chi connectivity index (χ3v) is 4.13. The second kappa shape index (κ2) is 7.73. The van der Waals surface area contributed by atoms with Crippen molar-refractivity contribution in [2.45, 2.75) is 65.3 Å².